The van der Waals surface area contributed by atoms with Crippen molar-refractivity contribution in [1.29, 1.82) is 0 Å². The molecule has 0 radical (unpaired) electrons. The Balaban J connectivity index is 1.84. The van der Waals surface area contributed by atoms with E-state index in [1.807, 2.05) is 30.3 Å². The average molecular weight is 349 g/mol. The van der Waals surface area contributed by atoms with E-state index >= 15 is 0 Å². The van der Waals surface area contributed by atoms with Crippen LogP contribution in [0.4, 0.5) is 17.5 Å². The maximum Gasteiger partial charge on any atom is 0.224 e. The van der Waals surface area contributed by atoms with E-state index in [9.17, 15) is 0 Å². The molecule has 0 amide bonds. The lowest BCUT2D eigenvalue weighted by Gasteiger charge is -2.11. The summed E-state index contributed by atoms with van der Waals surface area (Å²) in [6.45, 7) is 0.510. The van der Waals surface area contributed by atoms with Crippen LogP contribution in [0.5, 0.6) is 0 Å². The fourth-order valence-corrected chi connectivity index (χ4v) is 2.48. The normalized spacial score (nSPS) is 14.0. The summed E-state index contributed by atoms with van der Waals surface area (Å²) >= 11 is 3.46. The fraction of sp³-hybridized carbons (Fsp3) is 0.333. The number of hydrogen-bond acceptors (Lipinski definition) is 5. The molecule has 1 aromatic heterocycles. The Kier molecular flexibility index (Phi) is 4.36. The molecule has 6 heteroatoms. The molecule has 3 N–H and O–H groups in total. The van der Waals surface area contributed by atoms with Gasteiger partial charge in [0.05, 0.1) is 12.3 Å². The smallest absolute Gasteiger partial charge is 0.224 e. The highest BCUT2D eigenvalue weighted by molar-refractivity contribution is 9.10. The van der Waals surface area contributed by atoms with Gasteiger partial charge in [-0.05, 0) is 31.0 Å². The molecule has 3 rings (SSSR count). The van der Waals surface area contributed by atoms with E-state index in [0.29, 0.717) is 18.4 Å². The van der Waals surface area contributed by atoms with Gasteiger partial charge in [0.1, 0.15) is 5.82 Å². The second-order valence-electron chi connectivity index (χ2n) is 5.06. The van der Waals surface area contributed by atoms with Crippen LogP contribution >= 0.6 is 15.9 Å². The number of aromatic nitrogens is 2. The summed E-state index contributed by atoms with van der Waals surface area (Å²) in [5.41, 5.74) is 2.03. The van der Waals surface area contributed by atoms with E-state index in [1.165, 1.54) is 12.8 Å². The fourth-order valence-electron chi connectivity index (χ4n) is 2.08. The van der Waals surface area contributed by atoms with E-state index in [2.05, 4.69) is 36.5 Å². The lowest BCUT2D eigenvalue weighted by molar-refractivity contribution is 0.311. The van der Waals surface area contributed by atoms with Crippen LogP contribution in [0.2, 0.25) is 0 Å². The van der Waals surface area contributed by atoms with Gasteiger partial charge in [-0.1, -0.05) is 22.0 Å². The highest BCUT2D eigenvalue weighted by Crippen LogP contribution is 2.40. The van der Waals surface area contributed by atoms with Crippen LogP contribution in [0.15, 0.2) is 34.8 Å². The zero-order chi connectivity index (χ0) is 14.7. The summed E-state index contributed by atoms with van der Waals surface area (Å²) in [7, 11) is 0. The van der Waals surface area contributed by atoms with Crippen molar-refractivity contribution in [3.63, 3.8) is 0 Å². The minimum Gasteiger partial charge on any atom is -0.395 e. The molecule has 1 heterocycles. The van der Waals surface area contributed by atoms with E-state index < -0.39 is 0 Å². The quantitative estimate of drug-likeness (QED) is 0.747. The summed E-state index contributed by atoms with van der Waals surface area (Å²) in [6.07, 6.45) is 2.37. The molecule has 1 aliphatic rings. The molecule has 1 saturated carbocycles. The van der Waals surface area contributed by atoms with Crippen LogP contribution in [-0.2, 0) is 0 Å². The van der Waals surface area contributed by atoms with Crippen LogP contribution < -0.4 is 10.6 Å². The molecular weight excluding hydrogens is 332 g/mol. The van der Waals surface area contributed by atoms with Gasteiger partial charge in [-0.15, -0.1) is 0 Å². The predicted molar refractivity (Wildman–Crippen MR) is 87.0 cm³/mol. The first-order valence-corrected chi connectivity index (χ1v) is 7.80. The molecule has 110 valence electrons. The minimum absolute atomic E-state index is 0.0609. The average Bonchev–Trinajstić information content (AvgIpc) is 3.29. The van der Waals surface area contributed by atoms with Gasteiger partial charge in [-0.3, -0.25) is 0 Å². The van der Waals surface area contributed by atoms with Gasteiger partial charge in [0, 0.05) is 28.7 Å². The van der Waals surface area contributed by atoms with Crippen molar-refractivity contribution in [3.05, 3.63) is 40.5 Å². The van der Waals surface area contributed by atoms with Crippen molar-refractivity contribution < 1.29 is 5.11 Å². The summed E-state index contributed by atoms with van der Waals surface area (Å²) in [5, 5.41) is 15.2. The van der Waals surface area contributed by atoms with Crippen LogP contribution in [0.1, 0.15) is 24.5 Å². The molecule has 1 fully saturated rings. The van der Waals surface area contributed by atoms with Crippen LogP contribution in [0.3, 0.4) is 0 Å². The molecule has 0 aliphatic heterocycles. The molecule has 0 spiro atoms. The summed E-state index contributed by atoms with van der Waals surface area (Å²) in [4.78, 5) is 8.96. The summed E-state index contributed by atoms with van der Waals surface area (Å²) in [6, 6.07) is 9.95. The lowest BCUT2D eigenvalue weighted by Crippen LogP contribution is -2.10. The van der Waals surface area contributed by atoms with Gasteiger partial charge in [0.2, 0.25) is 5.95 Å². The highest BCUT2D eigenvalue weighted by atomic mass is 79.9. The zero-order valence-corrected chi connectivity index (χ0v) is 13.1. The Morgan fingerprint density at radius 1 is 1.24 bits per heavy atom. The molecule has 0 atom stereocenters. The Hall–Kier alpha value is -1.66. The predicted octanol–water partition coefficient (Wildman–Crippen LogP) is 3.26. The molecule has 5 nitrogen and oxygen atoms in total. The molecule has 0 unspecified atom stereocenters. The SMILES string of the molecule is OCCNc1nc(Nc2cccc(Br)c2)cc(C2CC2)n1. The molecular formula is C15H17BrN4O. The van der Waals surface area contributed by atoms with E-state index in [-0.39, 0.29) is 6.61 Å². The van der Waals surface area contributed by atoms with Crippen LogP contribution in [0, 0.1) is 0 Å². The summed E-state index contributed by atoms with van der Waals surface area (Å²) < 4.78 is 1.02. The topological polar surface area (TPSA) is 70.1 Å². The molecule has 0 bridgehead atoms. The number of halogens is 1. The first-order chi connectivity index (χ1) is 10.2. The van der Waals surface area contributed by atoms with E-state index in [0.717, 1.165) is 21.7 Å². The number of hydrogen-bond donors (Lipinski definition) is 3. The van der Waals surface area contributed by atoms with Crippen LogP contribution in [0.25, 0.3) is 0 Å². The van der Waals surface area contributed by atoms with Crippen molar-refractivity contribution >= 4 is 33.4 Å². The maximum atomic E-state index is 8.91. The number of benzene rings is 1. The lowest BCUT2D eigenvalue weighted by atomic mass is 10.2. The van der Waals surface area contributed by atoms with Gasteiger partial charge < -0.3 is 15.7 Å². The maximum absolute atomic E-state index is 8.91. The van der Waals surface area contributed by atoms with Crippen molar-refractivity contribution in [1.82, 2.24) is 9.97 Å². The largest absolute Gasteiger partial charge is 0.395 e. The molecule has 1 aromatic carbocycles. The van der Waals surface area contributed by atoms with Crippen molar-refractivity contribution in [2.45, 2.75) is 18.8 Å². The number of nitrogens with one attached hydrogen (secondary N) is 2. The summed E-state index contributed by atoms with van der Waals surface area (Å²) in [5.74, 6) is 1.88. The third-order valence-corrected chi connectivity index (χ3v) is 3.73. The first kappa shape index (κ1) is 14.3. The second kappa shape index (κ2) is 6.41. The number of nitrogens with zero attached hydrogens (tertiary/aromatic N) is 2. The number of anilines is 3. The number of aliphatic hydroxyl groups excluding tert-OH is 1. The third-order valence-electron chi connectivity index (χ3n) is 3.23. The van der Waals surface area contributed by atoms with Crippen molar-refractivity contribution in [2.75, 3.05) is 23.8 Å². The number of rotatable bonds is 6. The Morgan fingerprint density at radius 3 is 2.81 bits per heavy atom. The van der Waals surface area contributed by atoms with Gasteiger partial charge in [0.15, 0.2) is 0 Å². The minimum atomic E-state index is 0.0609. The second-order valence-corrected chi connectivity index (χ2v) is 5.98. The molecule has 0 saturated heterocycles. The van der Waals surface area contributed by atoms with Gasteiger partial charge in [0.25, 0.3) is 0 Å². The zero-order valence-electron chi connectivity index (χ0n) is 11.5. The Morgan fingerprint density at radius 2 is 2.10 bits per heavy atom. The van der Waals surface area contributed by atoms with Gasteiger partial charge >= 0.3 is 0 Å². The standard InChI is InChI=1S/C15H17BrN4O/c16-11-2-1-3-12(8-11)18-14-9-13(10-4-5-10)19-15(20-14)17-6-7-21/h1-3,8-10,21H,4-7H2,(H2,17,18,19,20). The van der Waals surface area contributed by atoms with E-state index in [4.69, 9.17) is 5.11 Å². The van der Waals surface area contributed by atoms with Gasteiger partial charge in [-0.2, -0.15) is 4.98 Å². The molecule has 21 heavy (non-hydrogen) atoms. The first-order valence-electron chi connectivity index (χ1n) is 7.01. The van der Waals surface area contributed by atoms with Crippen molar-refractivity contribution in [3.8, 4) is 0 Å². The Labute approximate surface area is 132 Å². The monoisotopic (exact) mass is 348 g/mol. The highest BCUT2D eigenvalue weighted by Gasteiger charge is 2.26. The molecule has 2 aromatic rings. The third kappa shape index (κ3) is 3.92. The molecule has 1 aliphatic carbocycles. The Bertz CT molecular complexity index is 631. The van der Waals surface area contributed by atoms with E-state index in [1.54, 1.807) is 0 Å². The van der Waals surface area contributed by atoms with Crippen LogP contribution in [-0.4, -0.2) is 28.2 Å². The van der Waals surface area contributed by atoms with Gasteiger partial charge in [-0.25, -0.2) is 4.98 Å². The van der Waals surface area contributed by atoms with Crippen molar-refractivity contribution in [2.24, 2.45) is 0 Å². The number of aliphatic hydroxyl groups is 1.